The molecule has 4 heteroatoms. The van der Waals surface area contributed by atoms with Crippen LogP contribution in [0.1, 0.15) is 0 Å². The number of hydrogen-bond acceptors (Lipinski definition) is 3. The Hall–Kier alpha value is -0.540. The minimum atomic E-state index is 0.624. The second kappa shape index (κ2) is 5.37. The fourth-order valence-corrected chi connectivity index (χ4v) is 1.83. The molecule has 0 fully saturated rings. The van der Waals surface area contributed by atoms with Crippen LogP contribution in [0.4, 0.5) is 11.4 Å². The number of hydrogen-bond donors (Lipinski definition) is 1. The first-order chi connectivity index (χ1) is 6.66. The molecule has 0 aliphatic carbocycles. The van der Waals surface area contributed by atoms with Gasteiger partial charge in [0, 0.05) is 19.3 Å². The fraction of sp³-hybridized carbons (Fsp3) is 0.400. The number of benzene rings is 1. The maximum atomic E-state index is 5.94. The summed E-state index contributed by atoms with van der Waals surface area (Å²) in [5.41, 5.74) is 7.55. The first kappa shape index (κ1) is 11.5. The van der Waals surface area contributed by atoms with Crippen molar-refractivity contribution in [3.05, 3.63) is 23.2 Å². The zero-order valence-electron chi connectivity index (χ0n) is 8.46. The lowest BCUT2D eigenvalue weighted by Crippen LogP contribution is -2.21. The van der Waals surface area contributed by atoms with Gasteiger partial charge in [-0.1, -0.05) is 17.7 Å². The Labute approximate surface area is 94.4 Å². The number of thioether (sulfide) groups is 1. The molecule has 1 aromatic rings. The maximum absolute atomic E-state index is 5.94. The Kier molecular flexibility index (Phi) is 4.42. The SMILES string of the molecule is CSCCN(C)c1cccc(Cl)c1N. The number of para-hydroxylation sites is 1. The molecule has 0 aromatic heterocycles. The van der Waals surface area contributed by atoms with E-state index < -0.39 is 0 Å². The van der Waals surface area contributed by atoms with Crippen LogP contribution in [-0.2, 0) is 0 Å². The van der Waals surface area contributed by atoms with E-state index in [-0.39, 0.29) is 0 Å². The standard InChI is InChI=1S/C10H15ClN2S/c1-13(6-7-14-2)9-5-3-4-8(11)10(9)12/h3-5H,6-7,12H2,1-2H3. The van der Waals surface area contributed by atoms with E-state index in [9.17, 15) is 0 Å². The van der Waals surface area contributed by atoms with Crippen LogP contribution >= 0.6 is 23.4 Å². The van der Waals surface area contributed by atoms with E-state index in [1.165, 1.54) is 0 Å². The summed E-state index contributed by atoms with van der Waals surface area (Å²) < 4.78 is 0. The number of halogens is 1. The predicted molar refractivity (Wildman–Crippen MR) is 67.5 cm³/mol. The van der Waals surface area contributed by atoms with Crippen molar-refractivity contribution in [3.8, 4) is 0 Å². The van der Waals surface area contributed by atoms with E-state index in [2.05, 4.69) is 11.2 Å². The van der Waals surface area contributed by atoms with Crippen LogP contribution < -0.4 is 10.6 Å². The van der Waals surface area contributed by atoms with Gasteiger partial charge in [-0.2, -0.15) is 11.8 Å². The van der Waals surface area contributed by atoms with Gasteiger partial charge < -0.3 is 10.6 Å². The van der Waals surface area contributed by atoms with E-state index in [1.54, 1.807) is 0 Å². The third-order valence-corrected chi connectivity index (χ3v) is 2.99. The van der Waals surface area contributed by atoms with Crippen LogP contribution in [0.15, 0.2) is 18.2 Å². The van der Waals surface area contributed by atoms with Crippen LogP contribution in [0.2, 0.25) is 5.02 Å². The van der Waals surface area contributed by atoms with E-state index in [1.807, 2.05) is 37.0 Å². The normalized spacial score (nSPS) is 10.2. The van der Waals surface area contributed by atoms with Crippen LogP contribution in [0.5, 0.6) is 0 Å². The summed E-state index contributed by atoms with van der Waals surface area (Å²) in [6, 6.07) is 5.72. The predicted octanol–water partition coefficient (Wildman–Crippen LogP) is 2.72. The lowest BCUT2D eigenvalue weighted by molar-refractivity contribution is 0.980. The quantitative estimate of drug-likeness (QED) is 0.807. The first-order valence-corrected chi connectivity index (χ1v) is 6.18. The van der Waals surface area contributed by atoms with Crippen LogP contribution in [0.3, 0.4) is 0 Å². The Bertz CT molecular complexity index is 304. The highest BCUT2D eigenvalue weighted by molar-refractivity contribution is 7.98. The zero-order chi connectivity index (χ0) is 10.6. The topological polar surface area (TPSA) is 29.3 Å². The summed E-state index contributed by atoms with van der Waals surface area (Å²) in [5.74, 6) is 1.09. The molecule has 2 nitrogen and oxygen atoms in total. The van der Waals surface area contributed by atoms with Gasteiger partial charge >= 0.3 is 0 Å². The van der Waals surface area contributed by atoms with Gasteiger partial charge in [0.2, 0.25) is 0 Å². The van der Waals surface area contributed by atoms with E-state index in [0.29, 0.717) is 10.7 Å². The van der Waals surface area contributed by atoms with Gasteiger partial charge in [-0.25, -0.2) is 0 Å². The molecule has 0 saturated carbocycles. The second-order valence-electron chi connectivity index (χ2n) is 3.09. The molecule has 1 rings (SSSR count). The van der Waals surface area contributed by atoms with Crippen molar-refractivity contribution >= 4 is 34.7 Å². The van der Waals surface area contributed by atoms with Crippen molar-refractivity contribution in [1.82, 2.24) is 0 Å². The van der Waals surface area contributed by atoms with Gasteiger partial charge in [-0.05, 0) is 18.4 Å². The highest BCUT2D eigenvalue weighted by Gasteiger charge is 2.06. The van der Waals surface area contributed by atoms with Crippen molar-refractivity contribution < 1.29 is 0 Å². The molecule has 0 amide bonds. The number of nitrogens with two attached hydrogens (primary N) is 1. The van der Waals surface area contributed by atoms with Crippen molar-refractivity contribution in [1.29, 1.82) is 0 Å². The van der Waals surface area contributed by atoms with Crippen molar-refractivity contribution in [2.75, 3.05) is 36.2 Å². The van der Waals surface area contributed by atoms with Crippen LogP contribution in [-0.4, -0.2) is 25.6 Å². The third kappa shape index (κ3) is 2.72. The van der Waals surface area contributed by atoms with E-state index in [4.69, 9.17) is 17.3 Å². The van der Waals surface area contributed by atoms with Gasteiger partial charge in [0.05, 0.1) is 16.4 Å². The van der Waals surface area contributed by atoms with Crippen molar-refractivity contribution in [2.45, 2.75) is 0 Å². The van der Waals surface area contributed by atoms with Gasteiger partial charge in [-0.3, -0.25) is 0 Å². The van der Waals surface area contributed by atoms with Gasteiger partial charge in [-0.15, -0.1) is 0 Å². The van der Waals surface area contributed by atoms with Crippen molar-refractivity contribution in [2.24, 2.45) is 0 Å². The van der Waals surface area contributed by atoms with Crippen molar-refractivity contribution in [3.63, 3.8) is 0 Å². The summed E-state index contributed by atoms with van der Waals surface area (Å²) in [7, 11) is 2.03. The Morgan fingerprint density at radius 2 is 2.21 bits per heavy atom. The second-order valence-corrected chi connectivity index (χ2v) is 4.48. The average Bonchev–Trinajstić information content (AvgIpc) is 2.18. The molecule has 0 heterocycles. The Morgan fingerprint density at radius 3 is 2.86 bits per heavy atom. The lowest BCUT2D eigenvalue weighted by Gasteiger charge is -2.20. The third-order valence-electron chi connectivity index (χ3n) is 2.07. The highest BCUT2D eigenvalue weighted by Crippen LogP contribution is 2.29. The summed E-state index contributed by atoms with van der Waals surface area (Å²) in [6.45, 7) is 0.978. The summed E-state index contributed by atoms with van der Waals surface area (Å²) in [6.07, 6.45) is 2.09. The van der Waals surface area contributed by atoms with E-state index >= 15 is 0 Å². The number of anilines is 2. The minimum Gasteiger partial charge on any atom is -0.396 e. The van der Waals surface area contributed by atoms with Gasteiger partial charge in [0.1, 0.15) is 0 Å². The largest absolute Gasteiger partial charge is 0.396 e. The first-order valence-electron chi connectivity index (χ1n) is 4.41. The number of nitrogen functional groups attached to an aromatic ring is 1. The zero-order valence-corrected chi connectivity index (χ0v) is 10.0. The Balaban J connectivity index is 2.79. The van der Waals surface area contributed by atoms with Gasteiger partial charge in [0.15, 0.2) is 0 Å². The highest BCUT2D eigenvalue weighted by atomic mass is 35.5. The smallest absolute Gasteiger partial charge is 0.0741 e. The summed E-state index contributed by atoms with van der Waals surface area (Å²) in [5, 5.41) is 0.624. The molecule has 0 radical (unpaired) electrons. The maximum Gasteiger partial charge on any atom is 0.0741 e. The monoisotopic (exact) mass is 230 g/mol. The average molecular weight is 231 g/mol. The Morgan fingerprint density at radius 1 is 1.50 bits per heavy atom. The lowest BCUT2D eigenvalue weighted by atomic mass is 10.2. The number of rotatable bonds is 4. The molecule has 0 spiro atoms. The number of nitrogens with zero attached hydrogens (tertiary/aromatic N) is 1. The molecule has 78 valence electrons. The molecule has 2 N–H and O–H groups in total. The molecule has 1 aromatic carbocycles. The molecule has 14 heavy (non-hydrogen) atoms. The molecule has 0 bridgehead atoms. The molecular weight excluding hydrogens is 216 g/mol. The molecule has 0 saturated heterocycles. The van der Waals surface area contributed by atoms with Crippen LogP contribution in [0, 0.1) is 0 Å². The molecule has 0 aliphatic heterocycles. The van der Waals surface area contributed by atoms with E-state index in [0.717, 1.165) is 18.0 Å². The molecular formula is C10H15ClN2S. The van der Waals surface area contributed by atoms with Gasteiger partial charge in [0.25, 0.3) is 0 Å². The van der Waals surface area contributed by atoms with Crippen LogP contribution in [0.25, 0.3) is 0 Å². The summed E-state index contributed by atoms with van der Waals surface area (Å²) in [4.78, 5) is 2.12. The summed E-state index contributed by atoms with van der Waals surface area (Å²) >= 11 is 7.75. The molecule has 0 atom stereocenters. The fourth-order valence-electron chi connectivity index (χ4n) is 1.21. The molecule has 0 unspecified atom stereocenters. The minimum absolute atomic E-state index is 0.624. The molecule has 0 aliphatic rings.